The minimum atomic E-state index is -0.982. The summed E-state index contributed by atoms with van der Waals surface area (Å²) in [7, 11) is 0. The Hall–Kier alpha value is -2.36. The van der Waals surface area contributed by atoms with Crippen LogP contribution in [0.1, 0.15) is 17.3 Å². The van der Waals surface area contributed by atoms with Crippen molar-refractivity contribution in [1.82, 2.24) is 0 Å². The van der Waals surface area contributed by atoms with Crippen molar-refractivity contribution in [2.45, 2.75) is 6.92 Å². The first-order chi connectivity index (χ1) is 8.08. The predicted molar refractivity (Wildman–Crippen MR) is 62.2 cm³/mol. The number of aromatic carboxylic acids is 1. The number of hydrogen-bond donors (Lipinski definition) is 1. The molecule has 0 radical (unpaired) electrons. The van der Waals surface area contributed by atoms with Crippen LogP contribution in [0.15, 0.2) is 36.4 Å². The summed E-state index contributed by atoms with van der Waals surface area (Å²) < 4.78 is 5.04. The largest absolute Gasteiger partial charge is 0.478 e. The summed E-state index contributed by atoms with van der Waals surface area (Å²) in [5.41, 5.74) is 0.206. The van der Waals surface area contributed by atoms with Crippen LogP contribution >= 0.6 is 0 Å². The lowest BCUT2D eigenvalue weighted by Crippen LogP contribution is -2.02. The first-order valence-electron chi connectivity index (χ1n) is 5.02. The second-order valence-electron chi connectivity index (χ2n) is 3.59. The van der Waals surface area contributed by atoms with Crippen LogP contribution in [0, 0.1) is 0 Å². The molecule has 0 aliphatic carbocycles. The Labute approximate surface area is 97.4 Å². The number of carbonyl (C=O) groups excluding carboxylic acids is 1. The second kappa shape index (κ2) is 4.25. The lowest BCUT2D eigenvalue weighted by Gasteiger charge is -2.06. The number of carboxylic acids is 1. The second-order valence-corrected chi connectivity index (χ2v) is 3.59. The Morgan fingerprint density at radius 2 is 1.94 bits per heavy atom. The van der Waals surface area contributed by atoms with Gasteiger partial charge in [0.05, 0.1) is 5.56 Å². The molecule has 4 nitrogen and oxygen atoms in total. The van der Waals surface area contributed by atoms with E-state index in [1.54, 1.807) is 30.3 Å². The molecule has 0 saturated carbocycles. The van der Waals surface area contributed by atoms with E-state index in [-0.39, 0.29) is 5.56 Å². The SMILES string of the molecule is CC(=O)Oc1cccc2cc(C(=O)O)ccc12. The molecule has 4 heteroatoms. The van der Waals surface area contributed by atoms with Gasteiger partial charge in [-0.05, 0) is 29.7 Å². The van der Waals surface area contributed by atoms with Crippen LogP contribution < -0.4 is 4.74 Å². The molecule has 0 aliphatic heterocycles. The van der Waals surface area contributed by atoms with Crippen LogP contribution in [0.3, 0.4) is 0 Å². The van der Waals surface area contributed by atoms with Crippen LogP contribution in [0.2, 0.25) is 0 Å². The number of carbonyl (C=O) groups is 2. The molecular weight excluding hydrogens is 220 g/mol. The zero-order valence-corrected chi connectivity index (χ0v) is 9.14. The van der Waals surface area contributed by atoms with Crippen molar-refractivity contribution in [2.75, 3.05) is 0 Å². The minimum Gasteiger partial charge on any atom is -0.478 e. The number of carboxylic acid groups (broad SMARTS) is 1. The van der Waals surface area contributed by atoms with E-state index < -0.39 is 11.9 Å². The van der Waals surface area contributed by atoms with Crippen molar-refractivity contribution in [2.24, 2.45) is 0 Å². The normalized spacial score (nSPS) is 10.2. The van der Waals surface area contributed by atoms with E-state index in [2.05, 4.69) is 0 Å². The highest BCUT2D eigenvalue weighted by Gasteiger charge is 2.07. The Morgan fingerprint density at radius 1 is 1.18 bits per heavy atom. The Bertz CT molecular complexity index is 601. The van der Waals surface area contributed by atoms with Crippen molar-refractivity contribution >= 4 is 22.7 Å². The third-order valence-electron chi connectivity index (χ3n) is 2.34. The molecule has 0 spiro atoms. The van der Waals surface area contributed by atoms with Crippen LogP contribution in [-0.2, 0) is 4.79 Å². The molecule has 17 heavy (non-hydrogen) atoms. The van der Waals surface area contributed by atoms with Gasteiger partial charge in [0.25, 0.3) is 0 Å². The van der Waals surface area contributed by atoms with Crippen molar-refractivity contribution < 1.29 is 19.4 Å². The number of benzene rings is 2. The fourth-order valence-electron chi connectivity index (χ4n) is 1.63. The predicted octanol–water partition coefficient (Wildman–Crippen LogP) is 2.46. The molecule has 86 valence electrons. The third kappa shape index (κ3) is 2.25. The Balaban J connectivity index is 2.58. The van der Waals surface area contributed by atoms with Crippen LogP contribution in [0.4, 0.5) is 0 Å². The van der Waals surface area contributed by atoms with Gasteiger partial charge < -0.3 is 9.84 Å². The summed E-state index contributed by atoms with van der Waals surface area (Å²) in [4.78, 5) is 21.7. The fraction of sp³-hybridized carbons (Fsp3) is 0.0769. The third-order valence-corrected chi connectivity index (χ3v) is 2.34. The maximum absolute atomic E-state index is 10.9. The van der Waals surface area contributed by atoms with E-state index in [1.165, 1.54) is 13.0 Å². The first kappa shape index (κ1) is 11.1. The van der Waals surface area contributed by atoms with Crippen LogP contribution in [0.5, 0.6) is 5.75 Å². The van der Waals surface area contributed by atoms with Gasteiger partial charge in [-0.2, -0.15) is 0 Å². The van der Waals surface area contributed by atoms with E-state index in [0.29, 0.717) is 11.1 Å². The molecule has 1 N–H and O–H groups in total. The van der Waals surface area contributed by atoms with E-state index >= 15 is 0 Å². The molecule has 0 aromatic heterocycles. The van der Waals surface area contributed by atoms with Gasteiger partial charge in [-0.3, -0.25) is 4.79 Å². The molecule has 0 unspecified atom stereocenters. The highest BCUT2D eigenvalue weighted by atomic mass is 16.5. The van der Waals surface area contributed by atoms with Gasteiger partial charge in [0.15, 0.2) is 0 Å². The average molecular weight is 230 g/mol. The summed E-state index contributed by atoms with van der Waals surface area (Å²) in [5, 5.41) is 10.3. The summed E-state index contributed by atoms with van der Waals surface area (Å²) >= 11 is 0. The molecule has 2 aromatic carbocycles. The quantitative estimate of drug-likeness (QED) is 0.635. The maximum Gasteiger partial charge on any atom is 0.335 e. The van der Waals surface area contributed by atoms with Gasteiger partial charge in [0, 0.05) is 12.3 Å². The number of ether oxygens (including phenoxy) is 1. The lowest BCUT2D eigenvalue weighted by molar-refractivity contribution is -0.131. The summed E-state index contributed by atoms with van der Waals surface area (Å²) in [6.07, 6.45) is 0. The van der Waals surface area contributed by atoms with E-state index in [4.69, 9.17) is 9.84 Å². The van der Waals surface area contributed by atoms with Gasteiger partial charge in [0.2, 0.25) is 0 Å². The molecule has 0 atom stereocenters. The van der Waals surface area contributed by atoms with Gasteiger partial charge in [-0.15, -0.1) is 0 Å². The lowest BCUT2D eigenvalue weighted by atomic mass is 10.1. The highest BCUT2D eigenvalue weighted by Crippen LogP contribution is 2.26. The van der Waals surface area contributed by atoms with Crippen molar-refractivity contribution in [1.29, 1.82) is 0 Å². The Morgan fingerprint density at radius 3 is 2.59 bits per heavy atom. The topological polar surface area (TPSA) is 63.6 Å². The molecule has 0 bridgehead atoms. The van der Waals surface area contributed by atoms with E-state index in [9.17, 15) is 9.59 Å². The monoisotopic (exact) mass is 230 g/mol. The van der Waals surface area contributed by atoms with Crippen LogP contribution in [-0.4, -0.2) is 17.0 Å². The molecular formula is C13H10O4. The average Bonchev–Trinajstić information content (AvgIpc) is 2.28. The summed E-state index contributed by atoms with van der Waals surface area (Å²) in [6, 6.07) is 9.82. The molecule has 0 fully saturated rings. The molecule has 2 aromatic rings. The van der Waals surface area contributed by atoms with Crippen molar-refractivity contribution in [3.05, 3.63) is 42.0 Å². The van der Waals surface area contributed by atoms with Gasteiger partial charge >= 0.3 is 11.9 Å². The van der Waals surface area contributed by atoms with E-state index in [0.717, 1.165) is 5.39 Å². The first-order valence-corrected chi connectivity index (χ1v) is 5.02. The summed E-state index contributed by atoms with van der Waals surface area (Å²) in [5.74, 6) is -0.948. The number of esters is 1. The molecule has 0 heterocycles. The van der Waals surface area contributed by atoms with Gasteiger partial charge in [-0.25, -0.2) is 4.79 Å². The van der Waals surface area contributed by atoms with Gasteiger partial charge in [0.1, 0.15) is 5.75 Å². The number of fused-ring (bicyclic) bond motifs is 1. The number of hydrogen-bond acceptors (Lipinski definition) is 3. The van der Waals surface area contributed by atoms with Crippen LogP contribution in [0.25, 0.3) is 10.8 Å². The standard InChI is InChI=1S/C13H10O4/c1-8(14)17-12-4-2-3-9-7-10(13(15)16)5-6-11(9)12/h2-7H,1H3,(H,15,16). The number of rotatable bonds is 2. The van der Waals surface area contributed by atoms with Crippen molar-refractivity contribution in [3.8, 4) is 5.75 Å². The molecule has 0 saturated heterocycles. The smallest absolute Gasteiger partial charge is 0.335 e. The fourth-order valence-corrected chi connectivity index (χ4v) is 1.63. The zero-order chi connectivity index (χ0) is 12.4. The maximum atomic E-state index is 10.9. The van der Waals surface area contributed by atoms with Gasteiger partial charge in [-0.1, -0.05) is 12.1 Å². The molecule has 2 rings (SSSR count). The minimum absolute atomic E-state index is 0.206. The highest BCUT2D eigenvalue weighted by molar-refractivity contribution is 5.97. The van der Waals surface area contributed by atoms with E-state index in [1.807, 2.05) is 0 Å². The summed E-state index contributed by atoms with van der Waals surface area (Å²) in [6.45, 7) is 1.32. The molecule has 0 aliphatic rings. The Kier molecular flexibility index (Phi) is 2.78. The van der Waals surface area contributed by atoms with Crippen molar-refractivity contribution in [3.63, 3.8) is 0 Å². The molecule has 0 amide bonds. The zero-order valence-electron chi connectivity index (χ0n) is 9.14.